The van der Waals surface area contributed by atoms with E-state index in [1.807, 2.05) is 36.4 Å². The van der Waals surface area contributed by atoms with Crippen LogP contribution in [-0.2, 0) is 6.54 Å². The van der Waals surface area contributed by atoms with Crippen LogP contribution < -0.4 is 10.6 Å². The van der Waals surface area contributed by atoms with Gasteiger partial charge in [0, 0.05) is 30.7 Å². The van der Waals surface area contributed by atoms with Gasteiger partial charge in [-0.3, -0.25) is 0 Å². The third kappa shape index (κ3) is 2.53. The lowest BCUT2D eigenvalue weighted by Crippen LogP contribution is -2.45. The number of fused-ring (bicyclic) bond motifs is 5. The van der Waals surface area contributed by atoms with Crippen molar-refractivity contribution in [3.8, 4) is 11.3 Å². The Hall–Kier alpha value is -1.98. The van der Waals surface area contributed by atoms with Gasteiger partial charge in [-0.2, -0.15) is 0 Å². The zero-order valence-electron chi connectivity index (χ0n) is 14.5. The topological polar surface area (TPSA) is 57.5 Å². The van der Waals surface area contributed by atoms with Crippen LogP contribution >= 0.6 is 11.6 Å². The molecule has 5 rings (SSSR count). The number of hydrogen-bond acceptors (Lipinski definition) is 3. The van der Waals surface area contributed by atoms with E-state index in [9.17, 15) is 4.79 Å². The smallest absolute Gasteiger partial charge is 0.318 e. The Morgan fingerprint density at radius 3 is 2.62 bits per heavy atom. The van der Waals surface area contributed by atoms with Crippen LogP contribution in [0, 0.1) is 11.8 Å². The van der Waals surface area contributed by atoms with E-state index in [0.717, 1.165) is 43.0 Å². The molecule has 2 N–H and O–H groups in total. The first kappa shape index (κ1) is 16.2. The largest absolute Gasteiger partial charge is 0.459 e. The summed E-state index contributed by atoms with van der Waals surface area (Å²) in [5.41, 5.74) is 0.865. The Labute approximate surface area is 157 Å². The summed E-state index contributed by atoms with van der Waals surface area (Å²) in [5, 5.41) is 7.19. The van der Waals surface area contributed by atoms with Crippen LogP contribution in [0.15, 0.2) is 40.8 Å². The van der Waals surface area contributed by atoms with E-state index in [-0.39, 0.29) is 6.03 Å². The average Bonchev–Trinajstić information content (AvgIpc) is 3.40. The van der Waals surface area contributed by atoms with Gasteiger partial charge >= 0.3 is 6.03 Å². The predicted molar refractivity (Wildman–Crippen MR) is 99.9 cm³/mol. The third-order valence-corrected chi connectivity index (χ3v) is 6.55. The van der Waals surface area contributed by atoms with Crippen LogP contribution in [0.25, 0.3) is 11.3 Å². The quantitative estimate of drug-likeness (QED) is 0.868. The van der Waals surface area contributed by atoms with E-state index >= 15 is 0 Å². The Morgan fingerprint density at radius 1 is 1.15 bits per heavy atom. The van der Waals surface area contributed by atoms with E-state index in [1.165, 1.54) is 0 Å². The highest BCUT2D eigenvalue weighted by Gasteiger charge is 2.56. The Morgan fingerprint density at radius 2 is 1.88 bits per heavy atom. The highest BCUT2D eigenvalue weighted by molar-refractivity contribution is 6.33. The highest BCUT2D eigenvalue weighted by atomic mass is 35.5. The van der Waals surface area contributed by atoms with Gasteiger partial charge in [-0.15, -0.1) is 0 Å². The van der Waals surface area contributed by atoms with E-state index < -0.39 is 0 Å². The molecular formula is C20H22ClN3O2. The van der Waals surface area contributed by atoms with Gasteiger partial charge in [-0.25, -0.2) is 4.79 Å². The molecule has 4 heterocycles. The fraction of sp³-hybridized carbons (Fsp3) is 0.450. The Balaban J connectivity index is 1.25. The minimum absolute atomic E-state index is 0.0441. The fourth-order valence-electron chi connectivity index (χ4n) is 5.10. The molecule has 0 unspecified atom stereocenters. The summed E-state index contributed by atoms with van der Waals surface area (Å²) >= 11 is 6.23. The second-order valence-electron chi connectivity index (χ2n) is 7.51. The molecule has 2 aromatic rings. The van der Waals surface area contributed by atoms with E-state index in [2.05, 4.69) is 15.5 Å². The van der Waals surface area contributed by atoms with Gasteiger partial charge in [0.25, 0.3) is 0 Å². The van der Waals surface area contributed by atoms with Crippen LogP contribution in [0.5, 0.6) is 0 Å². The lowest BCUT2D eigenvalue weighted by molar-refractivity contribution is 0.183. The first-order valence-corrected chi connectivity index (χ1v) is 9.70. The summed E-state index contributed by atoms with van der Waals surface area (Å²) in [6.45, 7) is 2.50. The second kappa shape index (κ2) is 6.32. The molecule has 26 heavy (non-hydrogen) atoms. The molecule has 1 aromatic carbocycles. The number of halogens is 1. The second-order valence-corrected chi connectivity index (χ2v) is 7.92. The average molecular weight is 372 g/mol. The van der Waals surface area contributed by atoms with Crippen molar-refractivity contribution >= 4 is 17.6 Å². The number of benzene rings is 1. The number of urea groups is 1. The standard InChI is InChI=1S/C20H22ClN3O2/c21-16-4-2-1-3-13(16)19-8-5-12(26-19)9-23-20(25)24-17-6-7-18(24)15-11-22-10-14(15)17/h1-5,8,14-15,17-18,22H,6-7,9-11H2,(H,23,25)/t14-,15+,17-,18+. The Kier molecular flexibility index (Phi) is 3.94. The molecule has 2 bridgehead atoms. The van der Waals surface area contributed by atoms with Crippen molar-refractivity contribution in [1.82, 2.24) is 15.5 Å². The molecule has 4 atom stereocenters. The minimum Gasteiger partial charge on any atom is -0.459 e. The van der Waals surface area contributed by atoms with Gasteiger partial charge in [-0.05, 0) is 48.9 Å². The number of amides is 2. The number of carbonyl (C=O) groups is 1. The summed E-state index contributed by atoms with van der Waals surface area (Å²) < 4.78 is 5.88. The maximum absolute atomic E-state index is 12.8. The van der Waals surface area contributed by atoms with Gasteiger partial charge in [0.1, 0.15) is 11.5 Å². The zero-order valence-corrected chi connectivity index (χ0v) is 15.2. The molecule has 3 fully saturated rings. The van der Waals surface area contributed by atoms with Crippen LogP contribution in [0.3, 0.4) is 0 Å². The zero-order chi connectivity index (χ0) is 17.7. The van der Waals surface area contributed by atoms with Gasteiger partial charge < -0.3 is 20.0 Å². The van der Waals surface area contributed by atoms with Crippen LogP contribution in [-0.4, -0.2) is 36.1 Å². The predicted octanol–water partition coefficient (Wildman–Crippen LogP) is 3.49. The molecule has 3 aliphatic rings. The molecule has 1 aromatic heterocycles. The molecule has 3 saturated heterocycles. The van der Waals surface area contributed by atoms with Gasteiger partial charge in [-0.1, -0.05) is 23.7 Å². The minimum atomic E-state index is 0.0441. The molecule has 6 heteroatoms. The van der Waals surface area contributed by atoms with Crippen LogP contribution in [0.1, 0.15) is 18.6 Å². The lowest BCUT2D eigenvalue weighted by Gasteiger charge is -2.24. The molecule has 0 radical (unpaired) electrons. The van der Waals surface area contributed by atoms with Crippen molar-refractivity contribution in [1.29, 1.82) is 0 Å². The van der Waals surface area contributed by atoms with Gasteiger partial charge in [0.15, 0.2) is 0 Å². The SMILES string of the molecule is O=C(NCc1ccc(-c2ccccc2Cl)o1)N1[C@@H]2CC[C@H]1[C@H]1CNC[C@H]12. The lowest BCUT2D eigenvalue weighted by atomic mass is 9.82. The summed E-state index contributed by atoms with van der Waals surface area (Å²) in [5.74, 6) is 2.73. The first-order chi connectivity index (χ1) is 12.7. The molecule has 2 amide bonds. The first-order valence-electron chi connectivity index (χ1n) is 9.33. The molecule has 0 aliphatic carbocycles. The highest BCUT2D eigenvalue weighted by Crippen LogP contribution is 2.47. The monoisotopic (exact) mass is 371 g/mol. The number of nitrogens with zero attached hydrogens (tertiary/aromatic N) is 1. The normalized spacial score (nSPS) is 29.2. The molecule has 136 valence electrons. The summed E-state index contributed by atoms with van der Waals surface area (Å²) in [6.07, 6.45) is 2.27. The fourth-order valence-corrected chi connectivity index (χ4v) is 5.33. The molecule has 3 aliphatic heterocycles. The van der Waals surface area contributed by atoms with E-state index in [1.54, 1.807) is 0 Å². The number of carbonyl (C=O) groups excluding carboxylic acids is 1. The van der Waals surface area contributed by atoms with Crippen LogP contribution in [0.4, 0.5) is 4.79 Å². The number of rotatable bonds is 3. The molecule has 0 saturated carbocycles. The number of hydrogen-bond donors (Lipinski definition) is 2. The molecule has 0 spiro atoms. The maximum Gasteiger partial charge on any atom is 0.318 e. The third-order valence-electron chi connectivity index (χ3n) is 6.22. The van der Waals surface area contributed by atoms with Crippen molar-refractivity contribution in [2.45, 2.75) is 31.5 Å². The van der Waals surface area contributed by atoms with Crippen molar-refractivity contribution < 1.29 is 9.21 Å². The van der Waals surface area contributed by atoms with Gasteiger partial charge in [0.05, 0.1) is 11.6 Å². The number of nitrogens with one attached hydrogen (secondary N) is 2. The van der Waals surface area contributed by atoms with Crippen molar-refractivity contribution in [3.63, 3.8) is 0 Å². The van der Waals surface area contributed by atoms with Crippen LogP contribution in [0.2, 0.25) is 5.02 Å². The van der Waals surface area contributed by atoms with E-state index in [0.29, 0.717) is 35.5 Å². The van der Waals surface area contributed by atoms with Gasteiger partial charge in [0.2, 0.25) is 0 Å². The summed E-state index contributed by atoms with van der Waals surface area (Å²) in [4.78, 5) is 14.9. The summed E-state index contributed by atoms with van der Waals surface area (Å²) in [6, 6.07) is 12.2. The summed E-state index contributed by atoms with van der Waals surface area (Å²) in [7, 11) is 0. The van der Waals surface area contributed by atoms with E-state index in [4.69, 9.17) is 16.0 Å². The molecule has 5 nitrogen and oxygen atoms in total. The maximum atomic E-state index is 12.8. The van der Waals surface area contributed by atoms with Crippen molar-refractivity contribution in [3.05, 3.63) is 47.2 Å². The molecular weight excluding hydrogens is 350 g/mol. The Bertz CT molecular complexity index is 818. The number of furan rings is 1. The van der Waals surface area contributed by atoms with Crippen molar-refractivity contribution in [2.24, 2.45) is 11.8 Å². The van der Waals surface area contributed by atoms with Crippen molar-refractivity contribution in [2.75, 3.05) is 13.1 Å².